The zero-order chi connectivity index (χ0) is 16.8. The summed E-state index contributed by atoms with van der Waals surface area (Å²) in [7, 11) is 0. The Morgan fingerprint density at radius 2 is 1.88 bits per heavy atom. The van der Waals surface area contributed by atoms with Gasteiger partial charge in [0.2, 0.25) is 0 Å². The molecule has 0 atom stereocenters. The number of halogens is 1. The summed E-state index contributed by atoms with van der Waals surface area (Å²) in [6.45, 7) is 0.553. The second-order valence-corrected chi connectivity index (χ2v) is 5.51. The lowest BCUT2D eigenvalue weighted by Crippen LogP contribution is -2.15. The van der Waals surface area contributed by atoms with E-state index in [-0.39, 0.29) is 5.91 Å². The van der Waals surface area contributed by atoms with Crippen LogP contribution in [0.5, 0.6) is 0 Å². The van der Waals surface area contributed by atoms with E-state index in [0.717, 1.165) is 5.56 Å². The third-order valence-electron chi connectivity index (χ3n) is 3.34. The van der Waals surface area contributed by atoms with E-state index in [9.17, 15) is 4.79 Å². The number of carbonyl (C=O) groups is 1. The highest BCUT2D eigenvalue weighted by atomic mass is 35.5. The van der Waals surface area contributed by atoms with Crippen LogP contribution in [0.25, 0.3) is 0 Å². The van der Waals surface area contributed by atoms with Crippen LogP contribution in [0.3, 0.4) is 0 Å². The quantitative estimate of drug-likeness (QED) is 0.738. The number of nitrogens with zero attached hydrogens (tertiary/aromatic N) is 2. The molecule has 5 nitrogen and oxygen atoms in total. The Bertz CT molecular complexity index is 839. The number of amides is 1. The lowest BCUT2D eigenvalue weighted by atomic mass is 10.2. The van der Waals surface area contributed by atoms with E-state index in [1.54, 1.807) is 55.0 Å². The van der Waals surface area contributed by atoms with Crippen LogP contribution in [0, 0.1) is 0 Å². The molecule has 0 aliphatic heterocycles. The predicted octanol–water partition coefficient (Wildman–Crippen LogP) is 3.99. The van der Waals surface area contributed by atoms with Crippen LogP contribution in [0.4, 0.5) is 11.5 Å². The van der Waals surface area contributed by atoms with Crippen molar-refractivity contribution in [3.63, 3.8) is 0 Å². The Hall–Kier alpha value is -2.92. The zero-order valence-electron chi connectivity index (χ0n) is 12.7. The molecule has 0 aliphatic carbocycles. The summed E-state index contributed by atoms with van der Waals surface area (Å²) in [6, 6.07) is 14.3. The molecule has 0 bridgehead atoms. The number of nitrogens with one attached hydrogen (secondary N) is 2. The van der Waals surface area contributed by atoms with E-state index >= 15 is 0 Å². The number of carbonyl (C=O) groups excluding carboxylic acids is 1. The van der Waals surface area contributed by atoms with Gasteiger partial charge in [0, 0.05) is 35.8 Å². The van der Waals surface area contributed by atoms with E-state index in [1.807, 2.05) is 12.1 Å². The third-order valence-corrected chi connectivity index (χ3v) is 3.58. The van der Waals surface area contributed by atoms with Crippen molar-refractivity contribution >= 4 is 29.0 Å². The average Bonchev–Trinajstić information content (AvgIpc) is 2.61. The first kappa shape index (κ1) is 16.0. The Labute approximate surface area is 144 Å². The maximum absolute atomic E-state index is 12.5. The van der Waals surface area contributed by atoms with Gasteiger partial charge in [-0.15, -0.1) is 0 Å². The van der Waals surface area contributed by atoms with E-state index < -0.39 is 0 Å². The van der Waals surface area contributed by atoms with Crippen molar-refractivity contribution < 1.29 is 4.79 Å². The topological polar surface area (TPSA) is 66.9 Å². The van der Waals surface area contributed by atoms with Gasteiger partial charge < -0.3 is 10.6 Å². The summed E-state index contributed by atoms with van der Waals surface area (Å²) < 4.78 is 0. The van der Waals surface area contributed by atoms with Crippen LogP contribution >= 0.6 is 11.6 Å². The summed E-state index contributed by atoms with van der Waals surface area (Å²) in [5.41, 5.74) is 2.15. The summed E-state index contributed by atoms with van der Waals surface area (Å²) in [6.07, 6.45) is 5.09. The molecule has 2 heterocycles. The standard InChI is InChI=1S/C18H15ClN4O/c19-14-3-1-4-15(11-14)23-18(24)16-5-2-8-21-17(16)22-12-13-6-9-20-10-7-13/h1-11H,12H2,(H,21,22)(H,23,24). The van der Waals surface area contributed by atoms with Gasteiger partial charge in [0.1, 0.15) is 5.82 Å². The minimum atomic E-state index is -0.248. The van der Waals surface area contributed by atoms with Crippen LogP contribution in [0.15, 0.2) is 67.1 Å². The molecule has 6 heteroatoms. The number of rotatable bonds is 5. The molecular formula is C18H15ClN4O. The number of hydrogen-bond donors (Lipinski definition) is 2. The molecule has 2 aromatic heterocycles. The highest BCUT2D eigenvalue weighted by Crippen LogP contribution is 2.18. The number of anilines is 2. The van der Waals surface area contributed by atoms with Crippen molar-refractivity contribution in [3.8, 4) is 0 Å². The Balaban J connectivity index is 1.74. The van der Waals surface area contributed by atoms with Gasteiger partial charge in [0.15, 0.2) is 0 Å². The highest BCUT2D eigenvalue weighted by Gasteiger charge is 2.12. The molecule has 2 N–H and O–H groups in total. The number of hydrogen-bond acceptors (Lipinski definition) is 4. The van der Waals surface area contributed by atoms with Gasteiger partial charge >= 0.3 is 0 Å². The maximum Gasteiger partial charge on any atom is 0.259 e. The zero-order valence-corrected chi connectivity index (χ0v) is 13.5. The Morgan fingerprint density at radius 3 is 2.67 bits per heavy atom. The van der Waals surface area contributed by atoms with E-state index in [0.29, 0.717) is 28.6 Å². The highest BCUT2D eigenvalue weighted by molar-refractivity contribution is 6.31. The van der Waals surface area contributed by atoms with Gasteiger partial charge in [-0.05, 0) is 48.0 Å². The maximum atomic E-state index is 12.5. The molecule has 0 spiro atoms. The second-order valence-electron chi connectivity index (χ2n) is 5.07. The van der Waals surface area contributed by atoms with Crippen LogP contribution in [-0.2, 0) is 6.54 Å². The molecule has 120 valence electrons. The lowest BCUT2D eigenvalue weighted by Gasteiger charge is -2.11. The molecular weight excluding hydrogens is 324 g/mol. The molecule has 24 heavy (non-hydrogen) atoms. The fraction of sp³-hybridized carbons (Fsp3) is 0.0556. The van der Waals surface area contributed by atoms with Crippen LogP contribution in [0.1, 0.15) is 15.9 Å². The molecule has 0 saturated heterocycles. The van der Waals surface area contributed by atoms with Gasteiger partial charge in [0.05, 0.1) is 5.56 Å². The monoisotopic (exact) mass is 338 g/mol. The summed E-state index contributed by atoms with van der Waals surface area (Å²) in [5, 5.41) is 6.57. The fourth-order valence-corrected chi connectivity index (χ4v) is 2.37. The molecule has 0 unspecified atom stereocenters. The first-order valence-corrected chi connectivity index (χ1v) is 7.75. The normalized spacial score (nSPS) is 10.2. The minimum absolute atomic E-state index is 0.248. The van der Waals surface area contributed by atoms with Gasteiger partial charge in [-0.2, -0.15) is 0 Å². The van der Waals surface area contributed by atoms with Crippen LogP contribution in [0.2, 0.25) is 5.02 Å². The van der Waals surface area contributed by atoms with Crippen molar-refractivity contribution in [3.05, 3.63) is 83.3 Å². The molecule has 3 aromatic rings. The Morgan fingerprint density at radius 1 is 1.04 bits per heavy atom. The van der Waals surface area contributed by atoms with Crippen molar-refractivity contribution in [1.29, 1.82) is 0 Å². The largest absolute Gasteiger partial charge is 0.365 e. The number of aromatic nitrogens is 2. The van der Waals surface area contributed by atoms with Gasteiger partial charge in [-0.3, -0.25) is 9.78 Å². The van der Waals surface area contributed by atoms with Crippen LogP contribution < -0.4 is 10.6 Å². The number of benzene rings is 1. The fourth-order valence-electron chi connectivity index (χ4n) is 2.18. The smallest absolute Gasteiger partial charge is 0.259 e. The van der Waals surface area contributed by atoms with Crippen molar-refractivity contribution in [2.75, 3.05) is 10.6 Å². The summed E-state index contributed by atoms with van der Waals surface area (Å²) >= 11 is 5.94. The van der Waals surface area contributed by atoms with Crippen molar-refractivity contribution in [1.82, 2.24) is 9.97 Å². The van der Waals surface area contributed by atoms with Gasteiger partial charge in [-0.25, -0.2) is 4.98 Å². The van der Waals surface area contributed by atoms with E-state index in [2.05, 4.69) is 20.6 Å². The first-order chi connectivity index (χ1) is 11.7. The molecule has 1 amide bonds. The molecule has 3 rings (SSSR count). The second kappa shape index (κ2) is 7.57. The van der Waals surface area contributed by atoms with Gasteiger partial charge in [0.25, 0.3) is 5.91 Å². The minimum Gasteiger partial charge on any atom is -0.365 e. The third kappa shape index (κ3) is 4.08. The van der Waals surface area contributed by atoms with Crippen molar-refractivity contribution in [2.45, 2.75) is 6.54 Å². The predicted molar refractivity (Wildman–Crippen MR) is 95.2 cm³/mol. The number of pyridine rings is 2. The van der Waals surface area contributed by atoms with Crippen molar-refractivity contribution in [2.24, 2.45) is 0 Å². The summed E-state index contributed by atoms with van der Waals surface area (Å²) in [5.74, 6) is 0.274. The Kier molecular flexibility index (Phi) is 5.03. The molecule has 0 saturated carbocycles. The molecule has 1 aromatic carbocycles. The summed E-state index contributed by atoms with van der Waals surface area (Å²) in [4.78, 5) is 20.8. The molecule has 0 aliphatic rings. The van der Waals surface area contributed by atoms with E-state index in [4.69, 9.17) is 11.6 Å². The van der Waals surface area contributed by atoms with E-state index in [1.165, 1.54) is 0 Å². The first-order valence-electron chi connectivity index (χ1n) is 7.37. The van der Waals surface area contributed by atoms with Gasteiger partial charge in [-0.1, -0.05) is 17.7 Å². The SMILES string of the molecule is O=C(Nc1cccc(Cl)c1)c1cccnc1NCc1ccncc1. The van der Waals surface area contributed by atoms with Crippen LogP contribution in [-0.4, -0.2) is 15.9 Å². The molecule has 0 fully saturated rings. The average molecular weight is 339 g/mol. The molecule has 0 radical (unpaired) electrons. The lowest BCUT2D eigenvalue weighted by molar-refractivity contribution is 0.102.